The fourth-order valence-corrected chi connectivity index (χ4v) is 8.45. The molecule has 0 spiro atoms. The number of ether oxygens (including phenoxy) is 5. The lowest BCUT2D eigenvalue weighted by molar-refractivity contribution is -0.137. The molecule has 0 bridgehead atoms. The molecule has 1 aromatic heterocycles. The number of benzene rings is 3. The Bertz CT molecular complexity index is 2650. The van der Waals surface area contributed by atoms with Gasteiger partial charge < -0.3 is 44.5 Å². The first-order valence-electron chi connectivity index (χ1n) is 20.9. The van der Waals surface area contributed by atoms with E-state index in [4.69, 9.17) is 23.7 Å². The fraction of sp³-hybridized carbons (Fsp3) is 0.364. The Morgan fingerprint density at radius 2 is 1.52 bits per heavy atom. The number of fused-ring (bicyclic) bond motifs is 1. The van der Waals surface area contributed by atoms with Gasteiger partial charge in [0.25, 0.3) is 27.4 Å². The first kappa shape index (κ1) is 50.4. The summed E-state index contributed by atoms with van der Waals surface area (Å²) in [5, 5.41) is 10.5. The Kier molecular flexibility index (Phi) is 17.8. The number of carbonyl (C=O) groups excluding carboxylic acids is 5. The van der Waals surface area contributed by atoms with Crippen molar-refractivity contribution >= 4 is 85.0 Å². The van der Waals surface area contributed by atoms with Crippen molar-refractivity contribution in [3.8, 4) is 5.75 Å². The molecule has 6 rings (SSSR count). The number of hydrogen-bond acceptors (Lipinski definition) is 14. The molecule has 1 fully saturated rings. The van der Waals surface area contributed by atoms with Gasteiger partial charge in [-0.1, -0.05) is 6.07 Å². The molecule has 3 heterocycles. The molecule has 20 nitrogen and oxygen atoms in total. The van der Waals surface area contributed by atoms with Crippen LogP contribution in [0.15, 0.2) is 76.4 Å². The van der Waals surface area contributed by atoms with Crippen molar-refractivity contribution in [3.63, 3.8) is 0 Å². The van der Waals surface area contributed by atoms with Crippen molar-refractivity contribution in [3.05, 3.63) is 103 Å². The summed E-state index contributed by atoms with van der Waals surface area (Å²) < 4.78 is 73.0. The van der Waals surface area contributed by atoms with Gasteiger partial charge >= 0.3 is 0 Å². The van der Waals surface area contributed by atoms with E-state index in [1.165, 1.54) is 65.9 Å². The number of nitrogens with one attached hydrogen (secondary N) is 5. The van der Waals surface area contributed by atoms with Crippen LogP contribution >= 0.6 is 22.6 Å². The summed E-state index contributed by atoms with van der Waals surface area (Å²) in [4.78, 5) is 75.7. The number of nitrogens with zero attached hydrogens (tertiary/aromatic N) is 2. The molecular weight excluding hydrogens is 1010 g/mol. The average Bonchev–Trinajstić information content (AvgIpc) is 3.63. The SMILES string of the molecule is Cc1cc(NS(=O)(=O)c2ccc(OCC(=O)NCCOCCOCCOCCOCC(=O)Nc3cccc4c3CN(C3CCC(=O)NC3=O)C4=O)cc2)c(Nc2ccc(I)cc2F)n(C)c1=O. The standard InChI is InChI=1S/C44H49FIN7O13S/c1-27-22-36(41(52(2)43(27)58)49-35-11-6-28(46)23-33(35)45)51-67(60,61)30-9-7-29(8-10-30)66-26-39(55)47-14-15-62-16-17-63-18-19-64-20-21-65-25-40(56)48-34-5-3-4-31-32(34)24-53(44(31)59)37-12-13-38(54)50-42(37)57/h3-11,22-23,37,49,51H,12-21,24-26H2,1-2H3,(H,47,55)(H,48,56)(H,50,54,57). The largest absolute Gasteiger partial charge is 0.484 e. The van der Waals surface area contributed by atoms with Crippen LogP contribution in [0.2, 0.25) is 0 Å². The van der Waals surface area contributed by atoms with Gasteiger partial charge in [-0.15, -0.1) is 0 Å². The highest BCUT2D eigenvalue weighted by Crippen LogP contribution is 2.33. The third kappa shape index (κ3) is 13.8. The van der Waals surface area contributed by atoms with E-state index in [0.29, 0.717) is 27.0 Å². The lowest BCUT2D eigenvalue weighted by Crippen LogP contribution is -2.52. The van der Waals surface area contributed by atoms with Crippen LogP contribution in [0.3, 0.4) is 0 Å². The number of carbonyl (C=O) groups is 5. The number of sulfonamides is 1. The number of imide groups is 1. The summed E-state index contributed by atoms with van der Waals surface area (Å²) in [6, 6.07) is 15.4. The van der Waals surface area contributed by atoms with Crippen molar-refractivity contribution in [2.45, 2.75) is 37.2 Å². The predicted molar refractivity (Wildman–Crippen MR) is 249 cm³/mol. The Balaban J connectivity index is 0.788. The number of pyridine rings is 1. The average molecular weight is 1060 g/mol. The molecule has 0 aliphatic carbocycles. The van der Waals surface area contributed by atoms with Crippen molar-refractivity contribution in [1.82, 2.24) is 20.1 Å². The fourth-order valence-electron chi connectivity index (χ4n) is 6.94. The number of anilines is 4. The number of hydrogen-bond donors (Lipinski definition) is 5. The van der Waals surface area contributed by atoms with Crippen LogP contribution in [0, 0.1) is 16.3 Å². The van der Waals surface area contributed by atoms with E-state index >= 15 is 0 Å². The van der Waals surface area contributed by atoms with Crippen LogP contribution < -0.4 is 36.3 Å². The Morgan fingerprint density at radius 3 is 2.21 bits per heavy atom. The summed E-state index contributed by atoms with van der Waals surface area (Å²) in [5.74, 6) is -2.38. The number of aryl methyl sites for hydroxylation is 1. The molecule has 5 N–H and O–H groups in total. The number of rotatable bonds is 24. The molecule has 1 atom stereocenters. The summed E-state index contributed by atoms with van der Waals surface area (Å²) >= 11 is 1.96. The van der Waals surface area contributed by atoms with Crippen molar-refractivity contribution in [2.75, 3.05) is 81.4 Å². The first-order valence-corrected chi connectivity index (χ1v) is 23.5. The van der Waals surface area contributed by atoms with E-state index in [-0.39, 0.29) is 124 Å². The smallest absolute Gasteiger partial charge is 0.262 e. The number of piperidine rings is 1. The highest BCUT2D eigenvalue weighted by atomic mass is 127. The van der Waals surface area contributed by atoms with Crippen LogP contribution in [-0.2, 0) is 61.7 Å². The van der Waals surface area contributed by atoms with Gasteiger partial charge in [0, 0.05) is 52.5 Å². The molecule has 1 unspecified atom stereocenters. The van der Waals surface area contributed by atoms with Gasteiger partial charge in [0.15, 0.2) is 6.61 Å². The van der Waals surface area contributed by atoms with E-state index in [9.17, 15) is 41.6 Å². The lowest BCUT2D eigenvalue weighted by Gasteiger charge is -2.29. The molecule has 0 saturated carbocycles. The van der Waals surface area contributed by atoms with E-state index in [2.05, 4.69) is 26.0 Å². The zero-order chi connectivity index (χ0) is 48.1. The Hall–Kier alpha value is -5.99. The zero-order valence-electron chi connectivity index (χ0n) is 36.5. The summed E-state index contributed by atoms with van der Waals surface area (Å²) in [6.07, 6.45) is 0.379. The summed E-state index contributed by atoms with van der Waals surface area (Å²) in [6.45, 7) is 3.00. The minimum absolute atomic E-state index is 0.0258. The third-order valence-corrected chi connectivity index (χ3v) is 12.4. The van der Waals surface area contributed by atoms with E-state index in [1.54, 1.807) is 24.3 Å². The topological polar surface area (TPSA) is 251 Å². The van der Waals surface area contributed by atoms with Crippen molar-refractivity contribution < 1.29 is 60.5 Å². The number of amides is 5. The van der Waals surface area contributed by atoms with Gasteiger partial charge in [0.05, 0.1) is 62.5 Å². The maximum Gasteiger partial charge on any atom is 0.262 e. The molecule has 4 aromatic rings. The molecule has 2 aliphatic heterocycles. The second-order valence-corrected chi connectivity index (χ2v) is 18.0. The van der Waals surface area contributed by atoms with E-state index in [0.717, 1.165) is 0 Å². The molecule has 1 saturated heterocycles. The van der Waals surface area contributed by atoms with E-state index in [1.807, 2.05) is 22.6 Å². The van der Waals surface area contributed by atoms with Crippen molar-refractivity contribution in [2.24, 2.45) is 7.05 Å². The summed E-state index contributed by atoms with van der Waals surface area (Å²) in [5.41, 5.74) is 1.35. The maximum absolute atomic E-state index is 14.7. The highest BCUT2D eigenvalue weighted by molar-refractivity contribution is 14.1. The summed E-state index contributed by atoms with van der Waals surface area (Å²) in [7, 11) is -2.75. The number of aromatic nitrogens is 1. The third-order valence-electron chi connectivity index (χ3n) is 10.3. The molecule has 0 radical (unpaired) electrons. The lowest BCUT2D eigenvalue weighted by atomic mass is 10.0. The molecule has 67 heavy (non-hydrogen) atoms. The second kappa shape index (κ2) is 23.6. The quantitative estimate of drug-likeness (QED) is 0.0385. The molecule has 2 aliphatic rings. The normalized spacial score (nSPS) is 14.7. The monoisotopic (exact) mass is 1060 g/mol. The van der Waals surface area contributed by atoms with Crippen molar-refractivity contribution in [1.29, 1.82) is 0 Å². The second-order valence-electron chi connectivity index (χ2n) is 15.1. The Morgan fingerprint density at radius 1 is 0.836 bits per heavy atom. The molecule has 358 valence electrons. The van der Waals surface area contributed by atoms with Gasteiger partial charge in [-0.05, 0) is 96.6 Å². The van der Waals surface area contributed by atoms with Crippen LogP contribution in [0.1, 0.15) is 34.3 Å². The highest BCUT2D eigenvalue weighted by Gasteiger charge is 2.40. The molecule has 3 aromatic carbocycles. The van der Waals surface area contributed by atoms with Gasteiger partial charge in [-0.3, -0.25) is 43.4 Å². The van der Waals surface area contributed by atoms with Gasteiger partial charge in [-0.2, -0.15) is 0 Å². The van der Waals surface area contributed by atoms with Crippen LogP contribution in [0.4, 0.5) is 27.3 Å². The van der Waals surface area contributed by atoms with Crippen LogP contribution in [0.25, 0.3) is 0 Å². The van der Waals surface area contributed by atoms with Gasteiger partial charge in [0.2, 0.25) is 17.7 Å². The molecular formula is C44H49FIN7O13S. The minimum Gasteiger partial charge on any atom is -0.484 e. The van der Waals surface area contributed by atoms with Gasteiger partial charge in [0.1, 0.15) is 30.0 Å². The number of halogens is 2. The Labute approximate surface area is 398 Å². The van der Waals surface area contributed by atoms with Gasteiger partial charge in [-0.25, -0.2) is 12.8 Å². The molecule has 23 heteroatoms. The predicted octanol–water partition coefficient (Wildman–Crippen LogP) is 2.94. The first-order chi connectivity index (χ1) is 32.1. The van der Waals surface area contributed by atoms with E-state index < -0.39 is 45.2 Å². The van der Waals surface area contributed by atoms with Crippen LogP contribution in [0.5, 0.6) is 5.75 Å². The molecule has 5 amide bonds. The van der Waals surface area contributed by atoms with Crippen LogP contribution in [-0.4, -0.2) is 119 Å². The maximum atomic E-state index is 14.7. The zero-order valence-corrected chi connectivity index (χ0v) is 39.5. The minimum atomic E-state index is -4.19.